The summed E-state index contributed by atoms with van der Waals surface area (Å²) < 4.78 is 0. The maximum atomic E-state index is 12.3. The quantitative estimate of drug-likeness (QED) is 0.858. The molecule has 1 fully saturated rings. The zero-order chi connectivity index (χ0) is 13.2. The largest absolute Gasteiger partial charge is 0.320 e. The Morgan fingerprint density at radius 1 is 1.30 bits per heavy atom. The molecule has 4 heteroatoms. The second-order valence-corrected chi connectivity index (χ2v) is 5.13. The Labute approximate surface area is 120 Å². The van der Waals surface area contributed by atoms with Gasteiger partial charge in [-0.2, -0.15) is 0 Å². The van der Waals surface area contributed by atoms with Gasteiger partial charge in [0.05, 0.1) is 12.1 Å². The first-order valence-electron chi connectivity index (χ1n) is 6.72. The molecule has 1 aliphatic carbocycles. The van der Waals surface area contributed by atoms with Crippen molar-refractivity contribution < 1.29 is 9.63 Å². The minimum absolute atomic E-state index is 0. The number of carbonyl (C=O) groups is 1. The van der Waals surface area contributed by atoms with E-state index >= 15 is 0 Å². The minimum atomic E-state index is -0.546. The number of benzene rings is 1. The van der Waals surface area contributed by atoms with Crippen LogP contribution in [0.3, 0.4) is 0 Å². The van der Waals surface area contributed by atoms with Gasteiger partial charge in [0.25, 0.3) is 5.91 Å². The van der Waals surface area contributed by atoms with Crippen molar-refractivity contribution in [3.8, 4) is 0 Å². The lowest BCUT2D eigenvalue weighted by Gasteiger charge is -2.41. The van der Waals surface area contributed by atoms with Gasteiger partial charge in [0.1, 0.15) is 6.10 Å². The topological polar surface area (TPSA) is 55.6 Å². The highest BCUT2D eigenvalue weighted by molar-refractivity contribution is 5.81. The molecular formula is C16H22N2O2. The summed E-state index contributed by atoms with van der Waals surface area (Å²) in [6, 6.07) is 9.33. The van der Waals surface area contributed by atoms with Crippen molar-refractivity contribution in [2.45, 2.75) is 44.9 Å². The summed E-state index contributed by atoms with van der Waals surface area (Å²) in [4.78, 5) is 18.0. The van der Waals surface area contributed by atoms with Crippen LogP contribution in [-0.2, 0) is 16.1 Å². The highest BCUT2D eigenvalue weighted by Crippen LogP contribution is 2.27. The maximum absolute atomic E-state index is 12.3. The molecule has 3 aliphatic rings. The maximum Gasteiger partial charge on any atom is 0.263 e. The van der Waals surface area contributed by atoms with Crippen LogP contribution < -0.4 is 5.73 Å². The van der Waals surface area contributed by atoms with Crippen LogP contribution in [-0.4, -0.2) is 29.2 Å². The standard InChI is InChI=1S/C15H18N2O2.CH4/c16-14(10-11-4-2-1-3-5-11)15(18)17-12-6-8-13(19-17)9-7-12;/h1-6,8,12-14H,7,9-10,16H2;1H4/t12?,13?,14-;/m0./s1. The van der Waals surface area contributed by atoms with Crippen molar-refractivity contribution in [2.24, 2.45) is 5.73 Å². The monoisotopic (exact) mass is 274 g/mol. The average Bonchev–Trinajstić information content (AvgIpc) is 2.48. The Hall–Kier alpha value is -1.65. The van der Waals surface area contributed by atoms with Crippen LogP contribution in [0.4, 0.5) is 0 Å². The number of nitrogens with zero attached hydrogens (tertiary/aromatic N) is 1. The molecule has 4 nitrogen and oxygen atoms in total. The van der Waals surface area contributed by atoms with E-state index in [1.807, 2.05) is 42.5 Å². The number of amides is 1. The first-order chi connectivity index (χ1) is 9.24. The molecule has 1 aromatic carbocycles. The molecule has 2 N–H and O–H groups in total. The molecule has 108 valence electrons. The molecular weight excluding hydrogens is 252 g/mol. The fraction of sp³-hybridized carbons (Fsp3) is 0.438. The van der Waals surface area contributed by atoms with Gasteiger partial charge < -0.3 is 5.73 Å². The summed E-state index contributed by atoms with van der Waals surface area (Å²) in [6.45, 7) is 0. The van der Waals surface area contributed by atoms with Gasteiger partial charge in [-0.05, 0) is 24.8 Å². The van der Waals surface area contributed by atoms with Crippen LogP contribution in [0.1, 0.15) is 25.8 Å². The molecule has 0 saturated carbocycles. The molecule has 0 aromatic heterocycles. The Balaban J connectivity index is 0.00000147. The molecule has 2 unspecified atom stereocenters. The first kappa shape index (κ1) is 14.8. The Morgan fingerprint density at radius 2 is 2.05 bits per heavy atom. The van der Waals surface area contributed by atoms with E-state index in [-0.39, 0.29) is 25.5 Å². The smallest absolute Gasteiger partial charge is 0.263 e. The number of fused-ring (bicyclic) bond motifs is 2. The summed E-state index contributed by atoms with van der Waals surface area (Å²) in [5.74, 6) is -0.122. The zero-order valence-corrected chi connectivity index (χ0v) is 10.7. The van der Waals surface area contributed by atoms with Gasteiger partial charge in [-0.1, -0.05) is 49.9 Å². The fourth-order valence-corrected chi connectivity index (χ4v) is 2.62. The van der Waals surface area contributed by atoms with E-state index in [0.717, 1.165) is 18.4 Å². The lowest BCUT2D eigenvalue weighted by atomic mass is 9.97. The van der Waals surface area contributed by atoms with Gasteiger partial charge in [0.15, 0.2) is 0 Å². The SMILES string of the molecule is C.N[C@@H](Cc1ccccc1)C(=O)N1OC2C=CC1CC2. The lowest BCUT2D eigenvalue weighted by Crippen LogP contribution is -2.54. The predicted molar refractivity (Wildman–Crippen MR) is 78.7 cm³/mol. The van der Waals surface area contributed by atoms with Crippen molar-refractivity contribution in [2.75, 3.05) is 0 Å². The number of carbonyl (C=O) groups excluding carboxylic acids is 1. The molecule has 4 rings (SSSR count). The van der Waals surface area contributed by atoms with Crippen LogP contribution in [0.25, 0.3) is 0 Å². The van der Waals surface area contributed by atoms with E-state index in [2.05, 4.69) is 0 Å². The molecule has 0 radical (unpaired) electrons. The average molecular weight is 274 g/mol. The molecule has 20 heavy (non-hydrogen) atoms. The molecule has 1 amide bonds. The van der Waals surface area contributed by atoms with Crippen molar-refractivity contribution in [3.63, 3.8) is 0 Å². The molecule has 1 saturated heterocycles. The number of hydroxylamine groups is 2. The Bertz CT molecular complexity index is 487. The summed E-state index contributed by atoms with van der Waals surface area (Å²) in [5, 5.41) is 1.47. The molecule has 0 spiro atoms. The normalized spacial score (nSPS) is 25.1. The minimum Gasteiger partial charge on any atom is -0.320 e. The van der Waals surface area contributed by atoms with Crippen LogP contribution in [0.2, 0.25) is 0 Å². The number of nitrogens with two attached hydrogens (primary N) is 1. The van der Waals surface area contributed by atoms with Gasteiger partial charge in [-0.3, -0.25) is 9.63 Å². The second kappa shape index (κ2) is 6.20. The van der Waals surface area contributed by atoms with Crippen LogP contribution in [0, 0.1) is 0 Å². The van der Waals surface area contributed by atoms with E-state index in [1.54, 1.807) is 0 Å². The van der Waals surface area contributed by atoms with Crippen molar-refractivity contribution in [1.29, 1.82) is 0 Å². The van der Waals surface area contributed by atoms with E-state index < -0.39 is 6.04 Å². The Kier molecular flexibility index (Phi) is 4.57. The number of hydrogen-bond acceptors (Lipinski definition) is 3. The Morgan fingerprint density at radius 3 is 2.60 bits per heavy atom. The summed E-state index contributed by atoms with van der Waals surface area (Å²) in [5.41, 5.74) is 7.09. The van der Waals surface area contributed by atoms with Gasteiger partial charge >= 0.3 is 0 Å². The van der Waals surface area contributed by atoms with E-state index in [9.17, 15) is 4.79 Å². The van der Waals surface area contributed by atoms with Crippen LogP contribution >= 0.6 is 0 Å². The van der Waals surface area contributed by atoms with Gasteiger partial charge in [-0.25, -0.2) is 5.06 Å². The number of hydrogen-bond donors (Lipinski definition) is 1. The molecule has 3 atom stereocenters. The summed E-state index contributed by atoms with van der Waals surface area (Å²) in [6.07, 6.45) is 6.61. The summed E-state index contributed by atoms with van der Waals surface area (Å²) in [7, 11) is 0. The highest BCUT2D eigenvalue weighted by Gasteiger charge is 2.36. The van der Waals surface area contributed by atoms with Gasteiger partial charge in [-0.15, -0.1) is 0 Å². The molecule has 2 aliphatic heterocycles. The van der Waals surface area contributed by atoms with E-state index in [4.69, 9.17) is 10.6 Å². The molecule has 1 aromatic rings. The predicted octanol–water partition coefficient (Wildman–Crippen LogP) is 2.05. The van der Waals surface area contributed by atoms with Crippen LogP contribution in [0.5, 0.6) is 0 Å². The third-order valence-electron chi connectivity index (χ3n) is 3.68. The third-order valence-corrected chi connectivity index (χ3v) is 3.68. The van der Waals surface area contributed by atoms with Crippen molar-refractivity contribution >= 4 is 5.91 Å². The first-order valence-corrected chi connectivity index (χ1v) is 6.72. The third kappa shape index (κ3) is 2.92. The van der Waals surface area contributed by atoms with E-state index in [0.29, 0.717) is 6.42 Å². The molecule has 2 heterocycles. The second-order valence-electron chi connectivity index (χ2n) is 5.13. The van der Waals surface area contributed by atoms with Crippen LogP contribution in [0.15, 0.2) is 42.5 Å². The van der Waals surface area contributed by atoms with Crippen molar-refractivity contribution in [3.05, 3.63) is 48.0 Å². The summed E-state index contributed by atoms with van der Waals surface area (Å²) >= 11 is 0. The fourth-order valence-electron chi connectivity index (χ4n) is 2.62. The molecule has 2 bridgehead atoms. The highest BCUT2D eigenvalue weighted by atomic mass is 16.7. The lowest BCUT2D eigenvalue weighted by molar-refractivity contribution is -0.231. The van der Waals surface area contributed by atoms with Crippen molar-refractivity contribution in [1.82, 2.24) is 5.06 Å². The number of rotatable bonds is 3. The van der Waals surface area contributed by atoms with Gasteiger partial charge in [0, 0.05) is 0 Å². The van der Waals surface area contributed by atoms with Gasteiger partial charge in [0.2, 0.25) is 0 Å². The van der Waals surface area contributed by atoms with E-state index in [1.165, 1.54) is 5.06 Å². The zero-order valence-electron chi connectivity index (χ0n) is 10.7.